The minimum Gasteiger partial charge on any atom is -0.496 e. The Kier molecular flexibility index (Phi) is 8.84. The summed E-state index contributed by atoms with van der Waals surface area (Å²) in [6.07, 6.45) is 4.98. The fourth-order valence-corrected chi connectivity index (χ4v) is 3.93. The molecule has 0 spiro atoms. The zero-order valence-electron chi connectivity index (χ0n) is 13.7. The Morgan fingerprint density at radius 3 is 2.75 bits per heavy atom. The van der Waals surface area contributed by atoms with E-state index in [2.05, 4.69) is 10.7 Å². The third-order valence-electron chi connectivity index (χ3n) is 4.41. The number of anilines is 1. The average molecular weight is 390 g/mol. The monoisotopic (exact) mass is 389 g/mol. The van der Waals surface area contributed by atoms with Crippen LogP contribution < -0.4 is 15.8 Å². The van der Waals surface area contributed by atoms with Crippen LogP contribution in [0.1, 0.15) is 25.7 Å². The van der Waals surface area contributed by atoms with Gasteiger partial charge in [-0.2, -0.15) is 0 Å². The van der Waals surface area contributed by atoms with Gasteiger partial charge in [0.2, 0.25) is 0 Å². The summed E-state index contributed by atoms with van der Waals surface area (Å²) in [4.78, 5) is 4.74. The van der Waals surface area contributed by atoms with Gasteiger partial charge in [0.05, 0.1) is 12.8 Å². The molecule has 1 fully saturated rings. The Labute approximate surface area is 160 Å². The molecule has 1 saturated carbocycles. The van der Waals surface area contributed by atoms with E-state index < -0.39 is 0 Å². The van der Waals surface area contributed by atoms with Gasteiger partial charge in [-0.05, 0) is 37.4 Å². The zero-order chi connectivity index (χ0) is 15.4. The number of hydrogen-bond acceptors (Lipinski definition) is 5. The second kappa shape index (κ2) is 10.1. The molecule has 3 N–H and O–H groups in total. The maximum absolute atomic E-state index is 5.91. The normalized spacial score (nSPS) is 19.8. The Bertz CT molecular complexity index is 623. The molecule has 0 bridgehead atoms. The van der Waals surface area contributed by atoms with Gasteiger partial charge in [-0.25, -0.2) is 4.98 Å². The third kappa shape index (κ3) is 4.76. The van der Waals surface area contributed by atoms with Gasteiger partial charge >= 0.3 is 0 Å². The number of ether oxygens (including phenoxy) is 1. The van der Waals surface area contributed by atoms with E-state index in [1.807, 2.05) is 24.3 Å². The minimum absolute atomic E-state index is 0. The molecular weight excluding hydrogens is 365 g/mol. The van der Waals surface area contributed by atoms with Crippen molar-refractivity contribution < 1.29 is 4.74 Å². The van der Waals surface area contributed by atoms with Gasteiger partial charge < -0.3 is 15.8 Å². The number of halogens is 2. The van der Waals surface area contributed by atoms with Gasteiger partial charge in [-0.15, -0.1) is 36.2 Å². The largest absolute Gasteiger partial charge is 0.496 e. The van der Waals surface area contributed by atoms with Crippen LogP contribution in [0, 0.1) is 5.92 Å². The molecule has 1 aliphatic carbocycles. The van der Waals surface area contributed by atoms with E-state index >= 15 is 0 Å². The molecule has 7 heteroatoms. The first-order chi connectivity index (χ1) is 10.8. The fourth-order valence-electron chi connectivity index (χ4n) is 3.16. The standard InChI is InChI=1S/C17H23N3OS.2ClH/c1-21-16-9-5-3-7-13(16)15-11-22-17(20-15)19-14-8-4-2-6-12(14)10-18;;/h3,5,7,9,11-12,14H,2,4,6,8,10,18H2,1H3,(H,19,20);2*1H. The molecule has 24 heavy (non-hydrogen) atoms. The van der Waals surface area contributed by atoms with Crippen LogP contribution in [0.15, 0.2) is 29.6 Å². The summed E-state index contributed by atoms with van der Waals surface area (Å²) in [7, 11) is 1.69. The molecule has 2 unspecified atom stereocenters. The summed E-state index contributed by atoms with van der Waals surface area (Å²) < 4.78 is 5.42. The van der Waals surface area contributed by atoms with Crippen molar-refractivity contribution in [1.82, 2.24) is 4.98 Å². The lowest BCUT2D eigenvalue weighted by molar-refractivity contribution is 0.332. The molecule has 2 aromatic rings. The molecule has 0 aliphatic heterocycles. The van der Waals surface area contributed by atoms with Crippen LogP contribution in [0.2, 0.25) is 0 Å². The van der Waals surface area contributed by atoms with Gasteiger partial charge in [-0.1, -0.05) is 25.0 Å². The lowest BCUT2D eigenvalue weighted by Crippen LogP contribution is -2.36. The van der Waals surface area contributed by atoms with E-state index in [0.717, 1.165) is 28.7 Å². The van der Waals surface area contributed by atoms with Crippen molar-refractivity contribution in [3.63, 3.8) is 0 Å². The minimum atomic E-state index is 0. The van der Waals surface area contributed by atoms with Crippen LogP contribution in [0.25, 0.3) is 11.3 Å². The van der Waals surface area contributed by atoms with E-state index in [-0.39, 0.29) is 24.8 Å². The van der Waals surface area contributed by atoms with E-state index in [1.54, 1.807) is 18.4 Å². The maximum atomic E-state index is 5.91. The molecule has 0 saturated heterocycles. The Morgan fingerprint density at radius 1 is 1.25 bits per heavy atom. The Balaban J connectivity index is 0.00000144. The first-order valence-corrected chi connectivity index (χ1v) is 8.75. The van der Waals surface area contributed by atoms with Crippen LogP contribution in [-0.4, -0.2) is 24.7 Å². The van der Waals surface area contributed by atoms with E-state index in [0.29, 0.717) is 12.0 Å². The summed E-state index contributed by atoms with van der Waals surface area (Å²) >= 11 is 1.65. The molecule has 1 aromatic heterocycles. The van der Waals surface area contributed by atoms with Crippen LogP contribution in [0.5, 0.6) is 5.75 Å². The summed E-state index contributed by atoms with van der Waals surface area (Å²) in [5.41, 5.74) is 7.91. The Hall–Kier alpha value is -1.01. The van der Waals surface area contributed by atoms with Crippen molar-refractivity contribution >= 4 is 41.3 Å². The summed E-state index contributed by atoms with van der Waals surface area (Å²) in [5.74, 6) is 1.42. The smallest absolute Gasteiger partial charge is 0.183 e. The quantitative estimate of drug-likeness (QED) is 0.784. The molecular formula is C17H25Cl2N3OS. The molecule has 1 heterocycles. The predicted octanol–water partition coefficient (Wildman–Crippen LogP) is 4.59. The van der Waals surface area contributed by atoms with Crippen molar-refractivity contribution in [3.05, 3.63) is 29.6 Å². The van der Waals surface area contributed by atoms with Crippen LogP contribution in [-0.2, 0) is 0 Å². The molecule has 0 radical (unpaired) electrons. The maximum Gasteiger partial charge on any atom is 0.183 e. The lowest BCUT2D eigenvalue weighted by Gasteiger charge is -2.31. The highest BCUT2D eigenvalue weighted by molar-refractivity contribution is 7.14. The number of aromatic nitrogens is 1. The number of thiazole rings is 1. The van der Waals surface area contributed by atoms with Crippen molar-refractivity contribution in [2.24, 2.45) is 11.7 Å². The number of rotatable bonds is 5. The van der Waals surface area contributed by atoms with Gasteiger partial charge in [0.25, 0.3) is 0 Å². The predicted molar refractivity (Wildman–Crippen MR) is 107 cm³/mol. The van der Waals surface area contributed by atoms with Gasteiger partial charge in [0, 0.05) is 17.0 Å². The SMILES string of the molecule is COc1ccccc1-c1csc(NC2CCCCC2CN)n1.Cl.Cl. The molecule has 1 aliphatic rings. The number of para-hydroxylation sites is 1. The lowest BCUT2D eigenvalue weighted by atomic mass is 9.85. The van der Waals surface area contributed by atoms with Crippen LogP contribution >= 0.6 is 36.2 Å². The summed E-state index contributed by atoms with van der Waals surface area (Å²) in [5, 5.41) is 6.66. The topological polar surface area (TPSA) is 60.2 Å². The Morgan fingerprint density at radius 2 is 2.00 bits per heavy atom. The number of hydrogen-bond donors (Lipinski definition) is 2. The number of nitrogens with two attached hydrogens (primary N) is 1. The van der Waals surface area contributed by atoms with E-state index in [4.69, 9.17) is 15.5 Å². The zero-order valence-corrected chi connectivity index (χ0v) is 16.2. The van der Waals surface area contributed by atoms with Crippen LogP contribution in [0.3, 0.4) is 0 Å². The molecule has 3 rings (SSSR count). The summed E-state index contributed by atoms with van der Waals surface area (Å²) in [6, 6.07) is 8.45. The second-order valence-corrected chi connectivity index (χ2v) is 6.63. The van der Waals surface area contributed by atoms with Gasteiger partial charge in [0.1, 0.15) is 5.75 Å². The number of benzene rings is 1. The first-order valence-electron chi connectivity index (χ1n) is 7.87. The number of nitrogens with zero attached hydrogens (tertiary/aromatic N) is 1. The molecule has 4 nitrogen and oxygen atoms in total. The van der Waals surface area contributed by atoms with Crippen molar-refractivity contribution in [3.8, 4) is 17.0 Å². The van der Waals surface area contributed by atoms with Crippen LogP contribution in [0.4, 0.5) is 5.13 Å². The van der Waals surface area contributed by atoms with Gasteiger partial charge in [-0.3, -0.25) is 0 Å². The summed E-state index contributed by atoms with van der Waals surface area (Å²) in [6.45, 7) is 0.752. The molecule has 134 valence electrons. The van der Waals surface area contributed by atoms with Crippen molar-refractivity contribution in [1.29, 1.82) is 0 Å². The van der Waals surface area contributed by atoms with Crippen molar-refractivity contribution in [2.45, 2.75) is 31.7 Å². The van der Waals surface area contributed by atoms with Gasteiger partial charge in [0.15, 0.2) is 5.13 Å². The van der Waals surface area contributed by atoms with E-state index in [1.165, 1.54) is 25.7 Å². The highest BCUT2D eigenvalue weighted by Gasteiger charge is 2.24. The second-order valence-electron chi connectivity index (χ2n) is 5.77. The molecule has 2 atom stereocenters. The number of nitrogens with one attached hydrogen (secondary N) is 1. The first kappa shape index (κ1) is 21.0. The third-order valence-corrected chi connectivity index (χ3v) is 5.18. The highest BCUT2D eigenvalue weighted by atomic mass is 35.5. The number of methoxy groups -OCH3 is 1. The van der Waals surface area contributed by atoms with Crippen molar-refractivity contribution in [2.75, 3.05) is 19.0 Å². The average Bonchev–Trinajstić information content (AvgIpc) is 3.03. The van der Waals surface area contributed by atoms with E-state index in [9.17, 15) is 0 Å². The molecule has 0 amide bonds. The molecule has 1 aromatic carbocycles. The highest BCUT2D eigenvalue weighted by Crippen LogP contribution is 2.33. The fraction of sp³-hybridized carbons (Fsp3) is 0.471.